The van der Waals surface area contributed by atoms with Crippen LogP contribution in [0.5, 0.6) is 5.75 Å². The molecule has 0 unspecified atom stereocenters. The summed E-state index contributed by atoms with van der Waals surface area (Å²) in [6, 6.07) is 20.1. The average Bonchev–Trinajstić information content (AvgIpc) is 2.68. The first kappa shape index (κ1) is 17.7. The van der Waals surface area contributed by atoms with Gasteiger partial charge in [0.15, 0.2) is 0 Å². The minimum atomic E-state index is 0.636. The molecule has 0 aliphatic rings. The van der Waals surface area contributed by atoms with E-state index in [0.29, 0.717) is 12.5 Å². The van der Waals surface area contributed by atoms with Crippen molar-refractivity contribution in [3.05, 3.63) is 71.9 Å². The van der Waals surface area contributed by atoms with Crippen molar-refractivity contribution in [3.8, 4) is 5.75 Å². The van der Waals surface area contributed by atoms with Crippen molar-refractivity contribution in [2.45, 2.75) is 20.4 Å². The van der Waals surface area contributed by atoms with Gasteiger partial charge in [0.05, 0.1) is 7.11 Å². The van der Waals surface area contributed by atoms with E-state index in [4.69, 9.17) is 9.72 Å². The quantitative estimate of drug-likeness (QED) is 0.678. The summed E-state index contributed by atoms with van der Waals surface area (Å²) in [7, 11) is 1.69. The maximum atomic E-state index is 5.41. The summed E-state index contributed by atoms with van der Waals surface area (Å²) in [5.74, 6) is 2.36. The molecule has 1 N–H and O–H groups in total. The zero-order valence-electron chi connectivity index (χ0n) is 15.4. The summed E-state index contributed by atoms with van der Waals surface area (Å²) in [5, 5.41) is 3.39. The zero-order valence-corrected chi connectivity index (χ0v) is 15.4. The fourth-order valence-corrected chi connectivity index (χ4v) is 2.85. The van der Waals surface area contributed by atoms with Gasteiger partial charge in [-0.3, -0.25) is 0 Å². The van der Waals surface area contributed by atoms with E-state index >= 15 is 0 Å². The van der Waals surface area contributed by atoms with Crippen molar-refractivity contribution >= 4 is 17.5 Å². The number of anilines is 3. The van der Waals surface area contributed by atoms with Crippen LogP contribution in [0, 0.1) is 6.92 Å². The Morgan fingerprint density at radius 1 is 1.00 bits per heavy atom. The molecule has 0 spiro atoms. The van der Waals surface area contributed by atoms with Gasteiger partial charge in [-0.05, 0) is 32.0 Å². The van der Waals surface area contributed by atoms with Crippen LogP contribution in [0.4, 0.5) is 17.5 Å². The minimum Gasteiger partial charge on any atom is -0.496 e. The molecule has 26 heavy (non-hydrogen) atoms. The van der Waals surface area contributed by atoms with E-state index in [2.05, 4.69) is 34.3 Å². The lowest BCUT2D eigenvalue weighted by Crippen LogP contribution is -2.19. The van der Waals surface area contributed by atoms with Crippen molar-refractivity contribution in [1.82, 2.24) is 9.97 Å². The number of nitrogens with one attached hydrogen (secondary N) is 1. The standard InChI is InChI=1S/C21H24N4O/c1-4-25(18-11-6-5-7-12-18)21-23-16(2)14-20(24-21)22-15-17-10-8-9-13-19(17)26-3/h5-14H,4,15H2,1-3H3,(H,22,23,24). The average molecular weight is 348 g/mol. The molecular weight excluding hydrogens is 324 g/mol. The third-order valence-electron chi connectivity index (χ3n) is 4.12. The number of nitrogens with zero attached hydrogens (tertiary/aromatic N) is 3. The van der Waals surface area contributed by atoms with Crippen molar-refractivity contribution in [2.24, 2.45) is 0 Å². The highest BCUT2D eigenvalue weighted by Gasteiger charge is 2.12. The van der Waals surface area contributed by atoms with Crippen LogP contribution in [0.25, 0.3) is 0 Å². The lowest BCUT2D eigenvalue weighted by atomic mass is 10.2. The van der Waals surface area contributed by atoms with E-state index < -0.39 is 0 Å². The van der Waals surface area contributed by atoms with E-state index in [1.54, 1.807) is 7.11 Å². The molecule has 0 saturated carbocycles. The highest BCUT2D eigenvalue weighted by atomic mass is 16.5. The first-order valence-electron chi connectivity index (χ1n) is 8.75. The van der Waals surface area contributed by atoms with Crippen LogP contribution in [-0.4, -0.2) is 23.6 Å². The second-order valence-corrected chi connectivity index (χ2v) is 5.94. The second kappa shape index (κ2) is 8.34. The van der Waals surface area contributed by atoms with Gasteiger partial charge in [-0.15, -0.1) is 0 Å². The minimum absolute atomic E-state index is 0.636. The largest absolute Gasteiger partial charge is 0.496 e. The molecule has 2 aromatic carbocycles. The van der Waals surface area contributed by atoms with Gasteiger partial charge in [0.1, 0.15) is 11.6 Å². The van der Waals surface area contributed by atoms with Crippen LogP contribution < -0.4 is 15.0 Å². The monoisotopic (exact) mass is 348 g/mol. The molecule has 5 nitrogen and oxygen atoms in total. The Bertz CT molecular complexity index is 852. The number of hydrogen-bond donors (Lipinski definition) is 1. The second-order valence-electron chi connectivity index (χ2n) is 5.94. The van der Waals surface area contributed by atoms with Crippen LogP contribution in [0.2, 0.25) is 0 Å². The Kier molecular flexibility index (Phi) is 5.69. The molecule has 1 aromatic heterocycles. The van der Waals surface area contributed by atoms with E-state index in [-0.39, 0.29) is 0 Å². The van der Waals surface area contributed by atoms with Crippen molar-refractivity contribution in [2.75, 3.05) is 23.9 Å². The molecular formula is C21H24N4O. The first-order chi connectivity index (χ1) is 12.7. The van der Waals surface area contributed by atoms with Gasteiger partial charge in [0.2, 0.25) is 5.95 Å². The number of aryl methyl sites for hydroxylation is 1. The van der Waals surface area contributed by atoms with Crippen LogP contribution >= 0.6 is 0 Å². The van der Waals surface area contributed by atoms with Crippen LogP contribution in [0.15, 0.2) is 60.7 Å². The Hall–Kier alpha value is -3.08. The van der Waals surface area contributed by atoms with Crippen molar-refractivity contribution in [3.63, 3.8) is 0 Å². The molecule has 1 heterocycles. The SMILES string of the molecule is CCN(c1ccccc1)c1nc(C)cc(NCc2ccccc2OC)n1. The lowest BCUT2D eigenvalue weighted by molar-refractivity contribution is 0.410. The van der Waals surface area contributed by atoms with Gasteiger partial charge in [-0.2, -0.15) is 4.98 Å². The molecule has 0 aliphatic heterocycles. The molecule has 3 rings (SSSR count). The predicted octanol–water partition coefficient (Wildman–Crippen LogP) is 4.56. The van der Waals surface area contributed by atoms with Gasteiger partial charge in [0.25, 0.3) is 0 Å². The maximum absolute atomic E-state index is 5.41. The summed E-state index contributed by atoms with van der Waals surface area (Å²) in [5.41, 5.74) is 3.09. The fourth-order valence-electron chi connectivity index (χ4n) is 2.85. The molecule has 0 bridgehead atoms. The van der Waals surface area contributed by atoms with Crippen molar-refractivity contribution < 1.29 is 4.74 Å². The summed E-state index contributed by atoms with van der Waals surface area (Å²) < 4.78 is 5.41. The summed E-state index contributed by atoms with van der Waals surface area (Å²) in [6.07, 6.45) is 0. The zero-order chi connectivity index (χ0) is 18.4. The Balaban J connectivity index is 1.83. The van der Waals surface area contributed by atoms with Gasteiger partial charge >= 0.3 is 0 Å². The van der Waals surface area contributed by atoms with E-state index in [1.807, 2.05) is 55.5 Å². The number of ether oxygens (including phenoxy) is 1. The molecule has 0 fully saturated rings. The van der Waals surface area contributed by atoms with Crippen LogP contribution in [0.1, 0.15) is 18.2 Å². The molecule has 0 aliphatic carbocycles. The molecule has 0 amide bonds. The third-order valence-corrected chi connectivity index (χ3v) is 4.12. The van der Waals surface area contributed by atoms with Crippen molar-refractivity contribution in [1.29, 1.82) is 0 Å². The Morgan fingerprint density at radius 2 is 1.73 bits per heavy atom. The third kappa shape index (κ3) is 4.11. The number of hydrogen-bond acceptors (Lipinski definition) is 5. The molecule has 134 valence electrons. The predicted molar refractivity (Wildman–Crippen MR) is 106 cm³/mol. The smallest absolute Gasteiger partial charge is 0.232 e. The normalized spacial score (nSPS) is 10.4. The van der Waals surface area contributed by atoms with E-state index in [9.17, 15) is 0 Å². The van der Waals surface area contributed by atoms with Crippen LogP contribution in [-0.2, 0) is 6.54 Å². The van der Waals surface area contributed by atoms with Crippen LogP contribution in [0.3, 0.4) is 0 Å². The van der Waals surface area contributed by atoms with E-state index in [0.717, 1.165) is 35.1 Å². The summed E-state index contributed by atoms with van der Waals surface area (Å²) in [6.45, 7) is 5.51. The highest BCUT2D eigenvalue weighted by molar-refractivity contribution is 5.58. The number of para-hydroxylation sites is 2. The lowest BCUT2D eigenvalue weighted by Gasteiger charge is -2.22. The molecule has 0 radical (unpaired) electrons. The Labute approximate surface area is 154 Å². The summed E-state index contributed by atoms with van der Waals surface area (Å²) in [4.78, 5) is 11.4. The number of methoxy groups -OCH3 is 1. The molecule has 0 atom stereocenters. The van der Waals surface area contributed by atoms with E-state index in [1.165, 1.54) is 0 Å². The molecule has 5 heteroatoms. The maximum Gasteiger partial charge on any atom is 0.232 e. The first-order valence-corrected chi connectivity index (χ1v) is 8.75. The molecule has 0 saturated heterocycles. The Morgan fingerprint density at radius 3 is 2.46 bits per heavy atom. The highest BCUT2D eigenvalue weighted by Crippen LogP contribution is 2.24. The number of benzene rings is 2. The van der Waals surface area contributed by atoms with Gasteiger partial charge in [0, 0.05) is 36.1 Å². The van der Waals surface area contributed by atoms with Gasteiger partial charge in [-0.1, -0.05) is 36.4 Å². The topological polar surface area (TPSA) is 50.3 Å². The number of aromatic nitrogens is 2. The summed E-state index contributed by atoms with van der Waals surface area (Å²) >= 11 is 0. The number of rotatable bonds is 7. The van der Waals surface area contributed by atoms with Gasteiger partial charge in [-0.25, -0.2) is 4.98 Å². The molecule has 3 aromatic rings. The van der Waals surface area contributed by atoms with Gasteiger partial charge < -0.3 is 15.0 Å². The fraction of sp³-hybridized carbons (Fsp3) is 0.238.